The van der Waals surface area contributed by atoms with Crippen LogP contribution in [-0.4, -0.2) is 15.3 Å². The van der Waals surface area contributed by atoms with Crippen LogP contribution in [0.2, 0.25) is 0 Å². The van der Waals surface area contributed by atoms with Crippen LogP contribution in [0.25, 0.3) is 0 Å². The van der Waals surface area contributed by atoms with E-state index in [1.54, 1.807) is 19.9 Å². The summed E-state index contributed by atoms with van der Waals surface area (Å²) in [6.07, 6.45) is 7.68. The second-order valence-corrected chi connectivity index (χ2v) is 12.0. The first-order valence-electron chi connectivity index (χ1n) is 10.5. The van der Waals surface area contributed by atoms with E-state index in [4.69, 9.17) is 4.78 Å². The van der Waals surface area contributed by atoms with E-state index in [0.29, 0.717) is 10.8 Å². The number of hydrogen-bond acceptors (Lipinski definition) is 5. The maximum Gasteiger partial charge on any atom is 0.331 e. The lowest BCUT2D eigenvalue weighted by molar-refractivity contribution is 0.0825. The number of rotatable bonds is 6. The summed E-state index contributed by atoms with van der Waals surface area (Å²) < 4.78 is 23.7. The third kappa shape index (κ3) is 4.40. The zero-order valence-corrected chi connectivity index (χ0v) is 19.0. The predicted octanol–water partition coefficient (Wildman–Crippen LogP) is 4.95. The zero-order chi connectivity index (χ0) is 21.5. The van der Waals surface area contributed by atoms with E-state index in [9.17, 15) is 14.1 Å². The second kappa shape index (κ2) is 7.98. The molecule has 0 bridgehead atoms. The largest absolute Gasteiger partial charge is 0.385 e. The summed E-state index contributed by atoms with van der Waals surface area (Å²) in [6.45, 7) is 3.27. The molecule has 0 spiro atoms. The molecule has 1 aromatic heterocycles. The number of anilines is 1. The van der Waals surface area contributed by atoms with Gasteiger partial charge in [0.1, 0.15) is 4.21 Å². The van der Waals surface area contributed by atoms with E-state index in [1.807, 2.05) is 0 Å². The molecule has 162 valence electrons. The van der Waals surface area contributed by atoms with E-state index >= 15 is 0 Å². The van der Waals surface area contributed by atoms with E-state index < -0.39 is 21.5 Å². The molecule has 4 rings (SSSR count). The first kappa shape index (κ1) is 21.3. The third-order valence-corrected chi connectivity index (χ3v) is 9.37. The SMILES string of the molecule is CC(C)(O)c1ccc(S(=N)(=O)NC(=O)Nc2c(CC3CCC3)ccc3c2CCC3)s1. The lowest BCUT2D eigenvalue weighted by Crippen LogP contribution is -2.34. The highest BCUT2D eigenvalue weighted by molar-refractivity contribution is 7.93. The van der Waals surface area contributed by atoms with Crippen molar-refractivity contribution in [1.82, 2.24) is 4.72 Å². The average Bonchev–Trinajstić information content (AvgIpc) is 3.28. The van der Waals surface area contributed by atoms with Crippen LogP contribution >= 0.6 is 11.3 Å². The number of aryl methyl sites for hydroxylation is 1. The summed E-state index contributed by atoms with van der Waals surface area (Å²) in [5.74, 6) is 0.667. The molecule has 4 N–H and O–H groups in total. The molecule has 1 heterocycles. The van der Waals surface area contributed by atoms with Gasteiger partial charge in [0.25, 0.3) is 0 Å². The minimum absolute atomic E-state index is 0.225. The third-order valence-electron chi connectivity index (χ3n) is 6.05. The average molecular weight is 448 g/mol. The summed E-state index contributed by atoms with van der Waals surface area (Å²) >= 11 is 1.08. The monoisotopic (exact) mass is 447 g/mol. The lowest BCUT2D eigenvalue weighted by Gasteiger charge is -2.27. The molecule has 0 aliphatic heterocycles. The Morgan fingerprint density at radius 3 is 2.63 bits per heavy atom. The van der Waals surface area contributed by atoms with Gasteiger partial charge in [-0.15, -0.1) is 11.3 Å². The van der Waals surface area contributed by atoms with Crippen molar-refractivity contribution in [2.75, 3.05) is 5.32 Å². The number of benzene rings is 1. The number of amides is 2. The van der Waals surface area contributed by atoms with Crippen molar-refractivity contribution in [3.8, 4) is 0 Å². The Balaban J connectivity index is 1.53. The van der Waals surface area contributed by atoms with Crippen LogP contribution in [0.5, 0.6) is 0 Å². The van der Waals surface area contributed by atoms with Gasteiger partial charge in [0.05, 0.1) is 5.60 Å². The predicted molar refractivity (Wildman–Crippen MR) is 120 cm³/mol. The van der Waals surface area contributed by atoms with Gasteiger partial charge in [-0.1, -0.05) is 31.4 Å². The molecule has 2 aromatic rings. The van der Waals surface area contributed by atoms with Crippen LogP contribution in [-0.2, 0) is 34.8 Å². The molecule has 6 nitrogen and oxygen atoms in total. The van der Waals surface area contributed by atoms with Crippen LogP contribution in [0.4, 0.5) is 10.5 Å². The maximum atomic E-state index is 12.9. The molecule has 2 aliphatic carbocycles. The quantitative estimate of drug-likeness (QED) is 0.504. The zero-order valence-electron chi connectivity index (χ0n) is 17.4. The highest BCUT2D eigenvalue weighted by atomic mass is 32.2. The summed E-state index contributed by atoms with van der Waals surface area (Å²) in [6, 6.07) is 6.86. The van der Waals surface area contributed by atoms with E-state index in [-0.39, 0.29) is 4.21 Å². The summed E-state index contributed by atoms with van der Waals surface area (Å²) in [4.78, 5) is 13.4. The van der Waals surface area contributed by atoms with Gasteiger partial charge in [-0.25, -0.2) is 18.5 Å². The molecule has 0 radical (unpaired) electrons. The van der Waals surface area contributed by atoms with Gasteiger partial charge in [0, 0.05) is 10.6 Å². The van der Waals surface area contributed by atoms with E-state index in [0.717, 1.165) is 48.3 Å². The van der Waals surface area contributed by atoms with Gasteiger partial charge in [0.15, 0.2) is 9.92 Å². The van der Waals surface area contributed by atoms with Crippen molar-refractivity contribution in [3.63, 3.8) is 0 Å². The summed E-state index contributed by atoms with van der Waals surface area (Å²) in [5, 5.41) is 13.1. The smallest absolute Gasteiger partial charge is 0.331 e. The molecule has 1 fully saturated rings. The van der Waals surface area contributed by atoms with Gasteiger partial charge in [0.2, 0.25) is 0 Å². The number of carbonyl (C=O) groups is 1. The number of aliphatic hydroxyl groups is 1. The van der Waals surface area contributed by atoms with E-state index in [1.165, 1.54) is 36.5 Å². The first-order valence-corrected chi connectivity index (χ1v) is 12.8. The number of carbonyl (C=O) groups excluding carboxylic acids is 1. The van der Waals surface area contributed by atoms with Crippen LogP contribution in [0.3, 0.4) is 0 Å². The molecule has 0 saturated heterocycles. The first-order chi connectivity index (χ1) is 14.1. The van der Waals surface area contributed by atoms with Crippen molar-refractivity contribution in [3.05, 3.63) is 45.8 Å². The maximum absolute atomic E-state index is 12.9. The summed E-state index contributed by atoms with van der Waals surface area (Å²) in [5.41, 5.74) is 3.34. The Kier molecular flexibility index (Phi) is 5.67. The molecule has 1 unspecified atom stereocenters. The van der Waals surface area contributed by atoms with Gasteiger partial charge in [-0.05, 0) is 74.3 Å². The highest BCUT2D eigenvalue weighted by Gasteiger charge is 2.26. The Labute approximate surface area is 182 Å². The normalized spacial score (nSPS) is 18.4. The van der Waals surface area contributed by atoms with Crippen molar-refractivity contribution >= 4 is 33.0 Å². The number of fused-ring (bicyclic) bond motifs is 1. The van der Waals surface area contributed by atoms with Gasteiger partial charge < -0.3 is 10.4 Å². The van der Waals surface area contributed by atoms with E-state index in [2.05, 4.69) is 22.2 Å². The van der Waals surface area contributed by atoms with Gasteiger partial charge in [-0.2, -0.15) is 0 Å². The molecule has 8 heteroatoms. The fourth-order valence-corrected chi connectivity index (χ4v) is 6.45. The molecular formula is C22H29N3O3S2. The number of nitrogens with one attached hydrogen (secondary N) is 3. The van der Waals surface area contributed by atoms with Crippen LogP contribution in [0.15, 0.2) is 28.5 Å². The number of urea groups is 1. The van der Waals surface area contributed by atoms with Gasteiger partial charge in [-0.3, -0.25) is 0 Å². The molecule has 1 atom stereocenters. The Morgan fingerprint density at radius 2 is 2.00 bits per heavy atom. The molecule has 1 aromatic carbocycles. The van der Waals surface area contributed by atoms with Gasteiger partial charge >= 0.3 is 6.03 Å². The Hall–Kier alpha value is -1.90. The summed E-state index contributed by atoms with van der Waals surface area (Å²) in [7, 11) is -3.52. The minimum atomic E-state index is -3.52. The fourth-order valence-electron chi connectivity index (χ4n) is 4.17. The lowest BCUT2D eigenvalue weighted by atomic mass is 9.80. The highest BCUT2D eigenvalue weighted by Crippen LogP contribution is 2.37. The van der Waals surface area contributed by atoms with Crippen LogP contribution < -0.4 is 10.0 Å². The minimum Gasteiger partial charge on any atom is -0.385 e. The van der Waals surface area contributed by atoms with Crippen molar-refractivity contribution in [2.24, 2.45) is 5.92 Å². The molecule has 2 aliphatic rings. The molecule has 2 amide bonds. The topological polar surface area (TPSA) is 102 Å². The molecular weight excluding hydrogens is 418 g/mol. The number of thiophene rings is 1. The van der Waals surface area contributed by atoms with Crippen molar-refractivity contribution < 1.29 is 14.1 Å². The Morgan fingerprint density at radius 1 is 1.23 bits per heavy atom. The molecule has 30 heavy (non-hydrogen) atoms. The Bertz CT molecular complexity index is 1060. The van der Waals surface area contributed by atoms with Crippen molar-refractivity contribution in [1.29, 1.82) is 4.78 Å². The van der Waals surface area contributed by atoms with Crippen molar-refractivity contribution in [2.45, 2.75) is 68.6 Å². The molecule has 1 saturated carbocycles. The fraction of sp³-hybridized carbons (Fsp3) is 0.500. The number of hydrogen-bond donors (Lipinski definition) is 4. The van der Waals surface area contributed by atoms with Crippen LogP contribution in [0.1, 0.15) is 61.1 Å². The van der Waals surface area contributed by atoms with Crippen LogP contribution in [0, 0.1) is 10.7 Å². The standard InChI is InChI=1S/C22H29N3O3S2/c1-22(2,27)18-11-12-19(29-18)30(23,28)25-21(26)24-20-16(13-14-5-3-6-14)10-9-15-7-4-8-17(15)20/h9-12,14,27H,3-8,13H2,1-2H3,(H3,23,24,25,26,28). The second-order valence-electron chi connectivity index (χ2n) is 8.88.